The number of hydrogen-bond acceptors (Lipinski definition) is 5. The standard InChI is InChI=1S/C30H30N2O4S/c1-23(33)32(37(34,35)22-24-9-3-2-4-10-24)30(19-7-8-20-30)26-14-17-28(18-15-26)36-21-27-16-13-25-11-5-6-12-29(25)31-27/h2-6,9-18H,7-8,19-22H2,1H3. The first-order valence-electron chi connectivity index (χ1n) is 12.5. The molecule has 1 fully saturated rings. The summed E-state index contributed by atoms with van der Waals surface area (Å²) in [5.41, 5.74) is 2.33. The molecule has 0 radical (unpaired) electrons. The third-order valence-electron chi connectivity index (χ3n) is 7.01. The number of carbonyl (C=O) groups is 1. The number of hydrogen-bond donors (Lipinski definition) is 0. The van der Waals surface area contributed by atoms with Crippen molar-refractivity contribution in [2.75, 3.05) is 0 Å². The molecule has 4 aromatic rings. The number of fused-ring (bicyclic) bond motifs is 1. The van der Waals surface area contributed by atoms with Crippen LogP contribution < -0.4 is 4.74 Å². The Morgan fingerprint density at radius 3 is 2.27 bits per heavy atom. The molecule has 0 unspecified atom stereocenters. The van der Waals surface area contributed by atoms with E-state index >= 15 is 0 Å². The highest BCUT2D eigenvalue weighted by atomic mass is 32.2. The van der Waals surface area contributed by atoms with E-state index in [0.717, 1.165) is 39.3 Å². The van der Waals surface area contributed by atoms with Gasteiger partial charge >= 0.3 is 0 Å². The number of pyridine rings is 1. The summed E-state index contributed by atoms with van der Waals surface area (Å²) in [6, 6.07) is 28.4. The van der Waals surface area contributed by atoms with Gasteiger partial charge in [0.15, 0.2) is 0 Å². The van der Waals surface area contributed by atoms with Gasteiger partial charge in [-0.15, -0.1) is 0 Å². The van der Waals surface area contributed by atoms with Crippen LogP contribution in [0, 0.1) is 0 Å². The maximum Gasteiger partial charge on any atom is 0.242 e. The SMILES string of the molecule is CC(=O)N(C1(c2ccc(OCc3ccc4ccccc4n3)cc2)CCCC1)S(=O)(=O)Cc1ccccc1. The summed E-state index contributed by atoms with van der Waals surface area (Å²) in [5.74, 6) is -0.0105. The molecule has 1 aliphatic rings. The number of carbonyl (C=O) groups excluding carboxylic acids is 1. The van der Waals surface area contributed by atoms with Gasteiger partial charge in [-0.05, 0) is 48.2 Å². The molecule has 0 aliphatic heterocycles. The van der Waals surface area contributed by atoms with Crippen molar-refractivity contribution in [3.8, 4) is 5.75 Å². The lowest BCUT2D eigenvalue weighted by Gasteiger charge is -2.40. The first-order chi connectivity index (χ1) is 17.9. The highest BCUT2D eigenvalue weighted by molar-refractivity contribution is 7.88. The van der Waals surface area contributed by atoms with Crippen molar-refractivity contribution in [2.45, 2.75) is 50.5 Å². The molecule has 190 valence electrons. The molecule has 1 saturated carbocycles. The number of amides is 1. The molecule has 0 spiro atoms. The fourth-order valence-corrected chi connectivity index (χ4v) is 7.34. The minimum Gasteiger partial charge on any atom is -0.487 e. The van der Waals surface area contributed by atoms with Crippen LogP contribution in [0.1, 0.15) is 49.4 Å². The largest absolute Gasteiger partial charge is 0.487 e. The van der Waals surface area contributed by atoms with Crippen LogP contribution in [-0.4, -0.2) is 23.6 Å². The van der Waals surface area contributed by atoms with Gasteiger partial charge in [-0.25, -0.2) is 17.7 Å². The van der Waals surface area contributed by atoms with Crippen LogP contribution in [0.4, 0.5) is 0 Å². The van der Waals surface area contributed by atoms with Gasteiger partial charge < -0.3 is 4.74 Å². The Balaban J connectivity index is 1.38. The normalized spacial score (nSPS) is 14.9. The quantitative estimate of drug-likeness (QED) is 0.290. The molecule has 0 saturated heterocycles. The topological polar surface area (TPSA) is 76.6 Å². The Bertz CT molecular complexity index is 1500. The molecule has 1 aromatic heterocycles. The summed E-state index contributed by atoms with van der Waals surface area (Å²) in [6.07, 6.45) is 2.91. The van der Waals surface area contributed by atoms with Crippen LogP contribution in [0.3, 0.4) is 0 Å². The van der Waals surface area contributed by atoms with E-state index in [1.165, 1.54) is 6.92 Å². The maximum absolute atomic E-state index is 13.6. The van der Waals surface area contributed by atoms with E-state index in [4.69, 9.17) is 4.74 Å². The Kier molecular flexibility index (Phi) is 6.98. The number of nitrogens with zero attached hydrogens (tertiary/aromatic N) is 2. The lowest BCUT2D eigenvalue weighted by molar-refractivity contribution is -0.128. The van der Waals surface area contributed by atoms with Crippen molar-refractivity contribution in [3.05, 3.63) is 108 Å². The van der Waals surface area contributed by atoms with E-state index in [2.05, 4.69) is 4.98 Å². The summed E-state index contributed by atoms with van der Waals surface area (Å²) >= 11 is 0. The molecule has 3 aromatic carbocycles. The lowest BCUT2D eigenvalue weighted by Crippen LogP contribution is -2.50. The zero-order valence-corrected chi connectivity index (χ0v) is 21.7. The van der Waals surface area contributed by atoms with Crippen LogP contribution in [0.5, 0.6) is 5.75 Å². The van der Waals surface area contributed by atoms with E-state index in [1.54, 1.807) is 24.3 Å². The van der Waals surface area contributed by atoms with Crippen LogP contribution in [-0.2, 0) is 32.7 Å². The van der Waals surface area contributed by atoms with Crippen molar-refractivity contribution in [2.24, 2.45) is 0 Å². The third-order valence-corrected chi connectivity index (χ3v) is 8.87. The van der Waals surface area contributed by atoms with Gasteiger partial charge in [0, 0.05) is 12.3 Å². The van der Waals surface area contributed by atoms with Gasteiger partial charge in [-0.2, -0.15) is 0 Å². The summed E-state index contributed by atoms with van der Waals surface area (Å²) in [6.45, 7) is 1.66. The van der Waals surface area contributed by atoms with E-state index in [-0.39, 0.29) is 5.75 Å². The summed E-state index contributed by atoms with van der Waals surface area (Å²) in [5, 5.41) is 1.08. The molecule has 1 aliphatic carbocycles. The first kappa shape index (κ1) is 25.0. The molecule has 6 nitrogen and oxygen atoms in total. The summed E-state index contributed by atoms with van der Waals surface area (Å²) in [4.78, 5) is 17.5. The zero-order valence-electron chi connectivity index (χ0n) is 20.8. The smallest absolute Gasteiger partial charge is 0.242 e. The fraction of sp³-hybridized carbons (Fsp3) is 0.267. The molecule has 0 bridgehead atoms. The predicted octanol–water partition coefficient (Wildman–Crippen LogP) is 5.96. The maximum atomic E-state index is 13.6. The molecular weight excluding hydrogens is 484 g/mol. The number of para-hydroxylation sites is 1. The lowest BCUT2D eigenvalue weighted by atomic mass is 9.88. The van der Waals surface area contributed by atoms with E-state index < -0.39 is 21.5 Å². The first-order valence-corrected chi connectivity index (χ1v) is 14.1. The monoisotopic (exact) mass is 514 g/mol. The third kappa shape index (κ3) is 5.23. The van der Waals surface area contributed by atoms with Gasteiger partial charge in [0.2, 0.25) is 15.9 Å². The van der Waals surface area contributed by atoms with Crippen molar-refractivity contribution < 1.29 is 17.9 Å². The van der Waals surface area contributed by atoms with Crippen molar-refractivity contribution in [3.63, 3.8) is 0 Å². The van der Waals surface area contributed by atoms with Gasteiger partial charge in [0.1, 0.15) is 12.4 Å². The van der Waals surface area contributed by atoms with E-state index in [1.807, 2.05) is 66.7 Å². The van der Waals surface area contributed by atoms with E-state index in [0.29, 0.717) is 30.8 Å². The minimum absolute atomic E-state index is 0.213. The Morgan fingerprint density at radius 1 is 0.892 bits per heavy atom. The Hall–Kier alpha value is -3.71. The van der Waals surface area contributed by atoms with E-state index in [9.17, 15) is 13.2 Å². The highest BCUT2D eigenvalue weighted by Gasteiger charge is 2.48. The minimum atomic E-state index is -3.89. The Morgan fingerprint density at radius 2 is 1.57 bits per heavy atom. The molecule has 7 heteroatoms. The van der Waals surface area contributed by atoms with Crippen molar-refractivity contribution in [1.82, 2.24) is 9.29 Å². The van der Waals surface area contributed by atoms with Gasteiger partial charge in [-0.1, -0.05) is 79.6 Å². The number of sulfonamides is 1. The average molecular weight is 515 g/mol. The van der Waals surface area contributed by atoms with Crippen LogP contribution in [0.15, 0.2) is 91.0 Å². The fourth-order valence-electron chi connectivity index (χ4n) is 5.39. The second-order valence-corrected chi connectivity index (χ2v) is 11.4. The summed E-state index contributed by atoms with van der Waals surface area (Å²) < 4.78 is 34.3. The molecule has 1 heterocycles. The van der Waals surface area contributed by atoms with Gasteiger partial charge in [0.05, 0.1) is 22.5 Å². The van der Waals surface area contributed by atoms with Crippen molar-refractivity contribution >= 4 is 26.8 Å². The average Bonchev–Trinajstić information content (AvgIpc) is 3.37. The van der Waals surface area contributed by atoms with Gasteiger partial charge in [-0.3, -0.25) is 4.79 Å². The number of ether oxygens (including phenoxy) is 1. The van der Waals surface area contributed by atoms with Crippen LogP contribution >= 0.6 is 0 Å². The second kappa shape index (κ2) is 10.3. The Labute approximate surface area is 218 Å². The highest BCUT2D eigenvalue weighted by Crippen LogP contribution is 2.46. The number of aromatic nitrogens is 1. The molecule has 0 atom stereocenters. The molecular formula is C30H30N2O4S. The number of benzene rings is 3. The molecule has 1 amide bonds. The van der Waals surface area contributed by atoms with Crippen LogP contribution in [0.2, 0.25) is 0 Å². The zero-order chi connectivity index (χ0) is 25.9. The number of rotatable bonds is 8. The molecule has 5 rings (SSSR count). The molecule has 37 heavy (non-hydrogen) atoms. The summed E-state index contributed by atoms with van der Waals surface area (Å²) in [7, 11) is -3.89. The second-order valence-electron chi connectivity index (χ2n) is 9.57. The van der Waals surface area contributed by atoms with Crippen LogP contribution in [0.25, 0.3) is 10.9 Å². The van der Waals surface area contributed by atoms with Gasteiger partial charge in [0.25, 0.3) is 0 Å². The van der Waals surface area contributed by atoms with Crippen molar-refractivity contribution in [1.29, 1.82) is 0 Å². The predicted molar refractivity (Wildman–Crippen MR) is 144 cm³/mol. The molecule has 0 N–H and O–H groups in total.